The highest BCUT2D eigenvalue weighted by atomic mass is 79.9. The standard InChI is InChI=1S/C14H11BrO2/c1-17-13-9-5-3-7-11(13)14(16)10-6-2-4-8-12(10)15/h2-9H,1H3. The average Bonchev–Trinajstić information content (AvgIpc) is 2.38. The fraction of sp³-hybridized carbons (Fsp3) is 0.0714. The van der Waals surface area contributed by atoms with Crippen molar-refractivity contribution in [3.05, 3.63) is 64.1 Å². The highest BCUT2D eigenvalue weighted by Crippen LogP contribution is 2.24. The van der Waals surface area contributed by atoms with Crippen LogP contribution in [0.5, 0.6) is 5.75 Å². The van der Waals surface area contributed by atoms with E-state index in [2.05, 4.69) is 15.9 Å². The number of methoxy groups -OCH3 is 1. The zero-order valence-corrected chi connectivity index (χ0v) is 10.9. The molecular formula is C14H11BrO2. The van der Waals surface area contributed by atoms with Crippen molar-refractivity contribution in [1.29, 1.82) is 0 Å². The molecule has 0 aromatic heterocycles. The summed E-state index contributed by atoms with van der Waals surface area (Å²) in [6, 6.07) is 14.6. The Morgan fingerprint density at radius 1 is 1.00 bits per heavy atom. The third-order valence-electron chi connectivity index (χ3n) is 2.47. The summed E-state index contributed by atoms with van der Waals surface area (Å²) in [5, 5.41) is 0. The van der Waals surface area contributed by atoms with Crippen LogP contribution in [0.1, 0.15) is 15.9 Å². The number of halogens is 1. The van der Waals surface area contributed by atoms with Gasteiger partial charge in [-0.2, -0.15) is 0 Å². The number of ketones is 1. The summed E-state index contributed by atoms with van der Waals surface area (Å²) in [5.74, 6) is 0.545. The zero-order chi connectivity index (χ0) is 12.3. The first-order chi connectivity index (χ1) is 8.24. The van der Waals surface area contributed by atoms with Crippen molar-refractivity contribution in [3.63, 3.8) is 0 Å². The zero-order valence-electron chi connectivity index (χ0n) is 9.31. The number of ether oxygens (including phenoxy) is 1. The van der Waals surface area contributed by atoms with E-state index in [1.165, 1.54) is 0 Å². The lowest BCUT2D eigenvalue weighted by molar-refractivity contribution is 0.103. The fourth-order valence-corrected chi connectivity index (χ4v) is 2.09. The van der Waals surface area contributed by atoms with Crippen molar-refractivity contribution < 1.29 is 9.53 Å². The topological polar surface area (TPSA) is 26.3 Å². The third kappa shape index (κ3) is 2.39. The van der Waals surface area contributed by atoms with Crippen LogP contribution < -0.4 is 4.74 Å². The second kappa shape index (κ2) is 5.15. The Labute approximate surface area is 108 Å². The number of para-hydroxylation sites is 1. The molecule has 0 heterocycles. The van der Waals surface area contributed by atoms with E-state index in [0.29, 0.717) is 16.9 Å². The smallest absolute Gasteiger partial charge is 0.197 e. The molecule has 0 fully saturated rings. The lowest BCUT2D eigenvalue weighted by atomic mass is 10.0. The van der Waals surface area contributed by atoms with Gasteiger partial charge in [-0.05, 0) is 24.3 Å². The normalized spacial score (nSPS) is 10.0. The van der Waals surface area contributed by atoms with Crippen molar-refractivity contribution >= 4 is 21.7 Å². The summed E-state index contributed by atoms with van der Waals surface area (Å²) < 4.78 is 5.98. The molecule has 3 heteroatoms. The van der Waals surface area contributed by atoms with E-state index in [1.807, 2.05) is 30.3 Å². The predicted molar refractivity (Wildman–Crippen MR) is 70.6 cm³/mol. The van der Waals surface area contributed by atoms with Crippen LogP contribution in [-0.2, 0) is 0 Å². The second-order valence-corrected chi connectivity index (χ2v) is 4.36. The third-order valence-corrected chi connectivity index (χ3v) is 3.16. The van der Waals surface area contributed by atoms with Gasteiger partial charge >= 0.3 is 0 Å². The van der Waals surface area contributed by atoms with Gasteiger partial charge in [0.05, 0.1) is 12.7 Å². The van der Waals surface area contributed by atoms with E-state index >= 15 is 0 Å². The number of carbonyl (C=O) groups is 1. The molecule has 0 radical (unpaired) electrons. The van der Waals surface area contributed by atoms with Crippen LogP contribution in [0.4, 0.5) is 0 Å². The summed E-state index contributed by atoms with van der Waals surface area (Å²) in [5.41, 5.74) is 1.21. The minimum absolute atomic E-state index is 0.0464. The molecule has 0 aliphatic rings. The molecule has 86 valence electrons. The molecule has 0 atom stereocenters. The van der Waals surface area contributed by atoms with Gasteiger partial charge in [0.15, 0.2) is 5.78 Å². The van der Waals surface area contributed by atoms with Crippen LogP contribution in [-0.4, -0.2) is 12.9 Å². The molecule has 0 N–H and O–H groups in total. The lowest BCUT2D eigenvalue weighted by Gasteiger charge is -2.08. The summed E-state index contributed by atoms with van der Waals surface area (Å²) in [6.07, 6.45) is 0. The Kier molecular flexibility index (Phi) is 3.59. The van der Waals surface area contributed by atoms with Gasteiger partial charge in [0.25, 0.3) is 0 Å². The van der Waals surface area contributed by atoms with Gasteiger partial charge in [-0.25, -0.2) is 0 Å². The average molecular weight is 291 g/mol. The molecular weight excluding hydrogens is 280 g/mol. The highest BCUT2D eigenvalue weighted by Gasteiger charge is 2.15. The van der Waals surface area contributed by atoms with Crippen LogP contribution in [0.3, 0.4) is 0 Å². The van der Waals surface area contributed by atoms with Gasteiger partial charge in [-0.3, -0.25) is 4.79 Å². The highest BCUT2D eigenvalue weighted by molar-refractivity contribution is 9.10. The van der Waals surface area contributed by atoms with Crippen molar-refractivity contribution in [1.82, 2.24) is 0 Å². The first-order valence-corrected chi connectivity index (χ1v) is 5.95. The maximum absolute atomic E-state index is 12.3. The van der Waals surface area contributed by atoms with Gasteiger partial charge < -0.3 is 4.74 Å². The van der Waals surface area contributed by atoms with E-state index in [1.54, 1.807) is 25.3 Å². The van der Waals surface area contributed by atoms with Crippen molar-refractivity contribution in [2.75, 3.05) is 7.11 Å². The number of rotatable bonds is 3. The van der Waals surface area contributed by atoms with Crippen LogP contribution >= 0.6 is 15.9 Å². The van der Waals surface area contributed by atoms with Gasteiger partial charge in [-0.15, -0.1) is 0 Å². The summed E-state index contributed by atoms with van der Waals surface area (Å²) in [4.78, 5) is 12.3. The van der Waals surface area contributed by atoms with E-state index in [0.717, 1.165) is 4.47 Å². The van der Waals surface area contributed by atoms with Crippen LogP contribution in [0, 0.1) is 0 Å². The molecule has 2 rings (SSSR count). The molecule has 2 nitrogen and oxygen atoms in total. The molecule has 0 amide bonds. The quantitative estimate of drug-likeness (QED) is 0.806. The summed E-state index contributed by atoms with van der Waals surface area (Å²) in [6.45, 7) is 0. The molecule has 0 unspecified atom stereocenters. The minimum atomic E-state index is -0.0464. The van der Waals surface area contributed by atoms with Crippen molar-refractivity contribution in [2.45, 2.75) is 0 Å². The Morgan fingerprint density at radius 3 is 2.24 bits per heavy atom. The van der Waals surface area contributed by atoms with E-state index < -0.39 is 0 Å². The monoisotopic (exact) mass is 290 g/mol. The number of hydrogen-bond acceptors (Lipinski definition) is 2. The Hall–Kier alpha value is -1.61. The van der Waals surface area contributed by atoms with Crippen LogP contribution in [0.2, 0.25) is 0 Å². The Balaban J connectivity index is 2.48. The molecule has 0 aliphatic heterocycles. The maximum Gasteiger partial charge on any atom is 0.197 e. The number of carbonyl (C=O) groups excluding carboxylic acids is 1. The fourth-order valence-electron chi connectivity index (χ4n) is 1.62. The minimum Gasteiger partial charge on any atom is -0.496 e. The summed E-state index contributed by atoms with van der Waals surface area (Å²) >= 11 is 3.38. The molecule has 0 aliphatic carbocycles. The first-order valence-electron chi connectivity index (χ1n) is 5.16. The SMILES string of the molecule is COc1ccccc1C(=O)c1ccccc1Br. The molecule has 17 heavy (non-hydrogen) atoms. The van der Waals surface area contributed by atoms with Crippen molar-refractivity contribution in [2.24, 2.45) is 0 Å². The largest absolute Gasteiger partial charge is 0.496 e. The van der Waals surface area contributed by atoms with E-state index in [4.69, 9.17) is 4.74 Å². The second-order valence-electron chi connectivity index (χ2n) is 3.51. The van der Waals surface area contributed by atoms with Gasteiger partial charge in [0.1, 0.15) is 5.75 Å². The van der Waals surface area contributed by atoms with Gasteiger partial charge in [-0.1, -0.05) is 40.2 Å². The maximum atomic E-state index is 12.3. The van der Waals surface area contributed by atoms with E-state index in [-0.39, 0.29) is 5.78 Å². The number of benzene rings is 2. The molecule has 0 bridgehead atoms. The first kappa shape index (κ1) is 11.9. The van der Waals surface area contributed by atoms with Gasteiger partial charge in [0, 0.05) is 10.0 Å². The molecule has 2 aromatic carbocycles. The van der Waals surface area contributed by atoms with Crippen LogP contribution in [0.15, 0.2) is 53.0 Å². The molecule has 2 aromatic rings. The Bertz CT molecular complexity index is 549. The number of hydrogen-bond donors (Lipinski definition) is 0. The Morgan fingerprint density at radius 2 is 1.59 bits per heavy atom. The van der Waals surface area contributed by atoms with E-state index in [9.17, 15) is 4.79 Å². The predicted octanol–water partition coefficient (Wildman–Crippen LogP) is 3.69. The van der Waals surface area contributed by atoms with Crippen molar-refractivity contribution in [3.8, 4) is 5.75 Å². The molecule has 0 saturated carbocycles. The molecule has 0 spiro atoms. The lowest BCUT2D eigenvalue weighted by Crippen LogP contribution is -2.04. The molecule has 0 saturated heterocycles. The summed E-state index contributed by atoms with van der Waals surface area (Å²) in [7, 11) is 1.56. The van der Waals surface area contributed by atoms with Gasteiger partial charge in [0.2, 0.25) is 0 Å². The van der Waals surface area contributed by atoms with Crippen LogP contribution in [0.25, 0.3) is 0 Å².